The minimum atomic E-state index is -0.389. The second-order valence-corrected chi connectivity index (χ2v) is 5.37. The van der Waals surface area contributed by atoms with Crippen molar-refractivity contribution in [1.82, 2.24) is 4.90 Å². The van der Waals surface area contributed by atoms with E-state index < -0.39 is 0 Å². The molecule has 1 atom stereocenters. The number of hydrogen-bond donors (Lipinski definition) is 1. The number of aliphatic hydroxyl groups excluding tert-OH is 1. The lowest BCUT2D eigenvalue weighted by Gasteiger charge is -2.42. The van der Waals surface area contributed by atoms with Crippen LogP contribution in [-0.2, 0) is 9.53 Å². The van der Waals surface area contributed by atoms with Crippen LogP contribution in [0.1, 0.15) is 39.5 Å². The standard InChI is InChI=1S/C14H23NO3/c1-4-5-6-7-8-13(17)15-9-12(10-16)18-14(2,3)11-15/h1,12,16H,5-11H2,2-3H3. The normalized spacial score (nSPS) is 22.6. The van der Waals surface area contributed by atoms with Crippen molar-refractivity contribution < 1.29 is 14.6 Å². The van der Waals surface area contributed by atoms with Gasteiger partial charge in [0.15, 0.2) is 0 Å². The number of carbonyl (C=O) groups is 1. The molecule has 0 bridgehead atoms. The van der Waals surface area contributed by atoms with Gasteiger partial charge in [-0.3, -0.25) is 4.79 Å². The number of amides is 1. The monoisotopic (exact) mass is 253 g/mol. The van der Waals surface area contributed by atoms with Crippen molar-refractivity contribution in [2.75, 3.05) is 19.7 Å². The second-order valence-electron chi connectivity index (χ2n) is 5.37. The Morgan fingerprint density at radius 1 is 1.56 bits per heavy atom. The third-order valence-corrected chi connectivity index (χ3v) is 3.00. The molecule has 0 aromatic carbocycles. The van der Waals surface area contributed by atoms with E-state index in [4.69, 9.17) is 11.2 Å². The number of ether oxygens (including phenoxy) is 1. The van der Waals surface area contributed by atoms with Crippen LogP contribution in [0.25, 0.3) is 0 Å². The van der Waals surface area contributed by atoms with Crippen LogP contribution in [0, 0.1) is 12.3 Å². The first kappa shape index (κ1) is 15.0. The molecule has 18 heavy (non-hydrogen) atoms. The molecule has 0 spiro atoms. The molecule has 1 aliphatic heterocycles. The molecule has 4 heteroatoms. The summed E-state index contributed by atoms with van der Waals surface area (Å²) >= 11 is 0. The van der Waals surface area contributed by atoms with E-state index >= 15 is 0 Å². The fourth-order valence-corrected chi connectivity index (χ4v) is 2.24. The van der Waals surface area contributed by atoms with Gasteiger partial charge in [0.25, 0.3) is 0 Å². The molecule has 1 fully saturated rings. The van der Waals surface area contributed by atoms with Crippen LogP contribution in [0.4, 0.5) is 0 Å². The molecular formula is C14H23NO3. The molecule has 0 aromatic heterocycles. The number of morpholine rings is 1. The Morgan fingerprint density at radius 3 is 2.89 bits per heavy atom. The Kier molecular flexibility index (Phi) is 5.64. The van der Waals surface area contributed by atoms with Crippen LogP contribution in [0.15, 0.2) is 0 Å². The van der Waals surface area contributed by atoms with Gasteiger partial charge in [-0.2, -0.15) is 0 Å². The van der Waals surface area contributed by atoms with Gasteiger partial charge in [-0.05, 0) is 26.7 Å². The Hall–Kier alpha value is -1.05. The molecule has 0 saturated carbocycles. The summed E-state index contributed by atoms with van der Waals surface area (Å²) in [5, 5.41) is 9.18. The van der Waals surface area contributed by atoms with Crippen molar-refractivity contribution in [2.45, 2.75) is 51.2 Å². The lowest BCUT2D eigenvalue weighted by atomic mass is 10.0. The molecule has 0 aliphatic carbocycles. The first-order valence-electron chi connectivity index (χ1n) is 6.48. The number of carbonyl (C=O) groups excluding carboxylic acids is 1. The predicted molar refractivity (Wildman–Crippen MR) is 69.9 cm³/mol. The zero-order chi connectivity index (χ0) is 13.6. The zero-order valence-corrected chi connectivity index (χ0v) is 11.3. The average molecular weight is 253 g/mol. The zero-order valence-electron chi connectivity index (χ0n) is 11.3. The fraction of sp³-hybridized carbons (Fsp3) is 0.786. The molecular weight excluding hydrogens is 230 g/mol. The summed E-state index contributed by atoms with van der Waals surface area (Å²) in [6.07, 6.45) is 7.86. The van der Waals surface area contributed by atoms with Gasteiger partial charge in [-0.15, -0.1) is 12.3 Å². The van der Waals surface area contributed by atoms with E-state index in [1.54, 1.807) is 4.90 Å². The van der Waals surface area contributed by atoms with Crippen LogP contribution in [0.5, 0.6) is 0 Å². The van der Waals surface area contributed by atoms with E-state index in [9.17, 15) is 9.90 Å². The van der Waals surface area contributed by atoms with Crippen molar-refractivity contribution in [3.8, 4) is 12.3 Å². The number of rotatable bonds is 5. The fourth-order valence-electron chi connectivity index (χ4n) is 2.24. The summed E-state index contributed by atoms with van der Waals surface area (Å²) in [5.41, 5.74) is -0.389. The maximum atomic E-state index is 12.0. The van der Waals surface area contributed by atoms with Gasteiger partial charge in [0.05, 0.1) is 18.3 Å². The van der Waals surface area contributed by atoms with Crippen LogP contribution >= 0.6 is 0 Å². The van der Waals surface area contributed by atoms with Gasteiger partial charge in [-0.1, -0.05) is 0 Å². The lowest BCUT2D eigenvalue weighted by molar-refractivity contribution is -0.167. The summed E-state index contributed by atoms with van der Waals surface area (Å²) in [4.78, 5) is 13.8. The van der Waals surface area contributed by atoms with E-state index in [1.165, 1.54) is 0 Å². The molecule has 102 valence electrons. The molecule has 1 saturated heterocycles. The van der Waals surface area contributed by atoms with Crippen molar-refractivity contribution in [3.05, 3.63) is 0 Å². The second kappa shape index (κ2) is 6.77. The maximum absolute atomic E-state index is 12.0. The van der Waals surface area contributed by atoms with Crippen LogP contribution in [0.3, 0.4) is 0 Å². The van der Waals surface area contributed by atoms with Gasteiger partial charge >= 0.3 is 0 Å². The quantitative estimate of drug-likeness (QED) is 0.591. The number of terminal acetylenes is 1. The number of unbranched alkanes of at least 4 members (excludes halogenated alkanes) is 2. The summed E-state index contributed by atoms with van der Waals surface area (Å²) in [6.45, 7) is 4.89. The van der Waals surface area contributed by atoms with Gasteiger partial charge in [-0.25, -0.2) is 0 Å². The van der Waals surface area contributed by atoms with E-state index in [2.05, 4.69) is 5.92 Å². The van der Waals surface area contributed by atoms with Crippen LogP contribution < -0.4 is 0 Å². The summed E-state index contributed by atoms with van der Waals surface area (Å²) < 4.78 is 5.68. The highest BCUT2D eigenvalue weighted by Crippen LogP contribution is 2.21. The van der Waals surface area contributed by atoms with Crippen molar-refractivity contribution in [1.29, 1.82) is 0 Å². The highest BCUT2D eigenvalue weighted by molar-refractivity contribution is 5.76. The van der Waals surface area contributed by atoms with Gasteiger partial charge in [0, 0.05) is 25.9 Å². The molecule has 1 unspecified atom stereocenters. The third-order valence-electron chi connectivity index (χ3n) is 3.00. The van der Waals surface area contributed by atoms with E-state index in [0.717, 1.165) is 19.3 Å². The Balaban J connectivity index is 2.44. The van der Waals surface area contributed by atoms with E-state index in [1.807, 2.05) is 13.8 Å². The topological polar surface area (TPSA) is 49.8 Å². The Bertz CT molecular complexity index is 319. The molecule has 4 nitrogen and oxygen atoms in total. The molecule has 0 radical (unpaired) electrons. The Morgan fingerprint density at radius 2 is 2.28 bits per heavy atom. The van der Waals surface area contributed by atoms with Gasteiger partial charge in [0.1, 0.15) is 0 Å². The average Bonchev–Trinajstić information content (AvgIpc) is 2.32. The van der Waals surface area contributed by atoms with E-state index in [-0.39, 0.29) is 24.2 Å². The third kappa shape index (κ3) is 4.67. The first-order chi connectivity index (χ1) is 8.48. The predicted octanol–water partition coefficient (Wildman–Crippen LogP) is 1.18. The van der Waals surface area contributed by atoms with Gasteiger partial charge < -0.3 is 14.7 Å². The smallest absolute Gasteiger partial charge is 0.222 e. The van der Waals surface area contributed by atoms with Crippen LogP contribution in [-0.4, -0.2) is 47.3 Å². The van der Waals surface area contributed by atoms with Crippen molar-refractivity contribution in [3.63, 3.8) is 0 Å². The van der Waals surface area contributed by atoms with E-state index in [0.29, 0.717) is 19.5 Å². The molecule has 1 amide bonds. The SMILES string of the molecule is C#CCCCCC(=O)N1CC(CO)OC(C)(C)C1. The molecule has 0 aromatic rings. The minimum absolute atomic E-state index is 0.0513. The Labute approximate surface area is 109 Å². The lowest BCUT2D eigenvalue weighted by Crippen LogP contribution is -2.55. The number of aliphatic hydroxyl groups is 1. The number of nitrogens with zero attached hydrogens (tertiary/aromatic N) is 1. The first-order valence-corrected chi connectivity index (χ1v) is 6.48. The maximum Gasteiger partial charge on any atom is 0.222 e. The highest BCUT2D eigenvalue weighted by atomic mass is 16.5. The highest BCUT2D eigenvalue weighted by Gasteiger charge is 2.34. The summed E-state index contributed by atoms with van der Waals surface area (Å²) in [6, 6.07) is 0. The van der Waals surface area contributed by atoms with Gasteiger partial charge in [0.2, 0.25) is 5.91 Å². The summed E-state index contributed by atoms with van der Waals surface area (Å²) in [5.74, 6) is 2.70. The van der Waals surface area contributed by atoms with Crippen LogP contribution in [0.2, 0.25) is 0 Å². The summed E-state index contributed by atoms with van der Waals surface area (Å²) in [7, 11) is 0. The molecule has 1 rings (SSSR count). The molecule has 1 heterocycles. The molecule has 1 N–H and O–H groups in total. The molecule has 1 aliphatic rings. The largest absolute Gasteiger partial charge is 0.394 e. The van der Waals surface area contributed by atoms with Crippen molar-refractivity contribution in [2.24, 2.45) is 0 Å². The minimum Gasteiger partial charge on any atom is -0.394 e. The van der Waals surface area contributed by atoms with Crippen molar-refractivity contribution >= 4 is 5.91 Å². The number of hydrogen-bond acceptors (Lipinski definition) is 3.